The summed E-state index contributed by atoms with van der Waals surface area (Å²) in [5.41, 5.74) is 1.98. The number of aromatic nitrogens is 2. The molecule has 0 unspecified atom stereocenters. The Morgan fingerprint density at radius 2 is 2.20 bits per heavy atom. The van der Waals surface area contributed by atoms with E-state index in [1.807, 2.05) is 0 Å². The van der Waals surface area contributed by atoms with Crippen molar-refractivity contribution in [3.05, 3.63) is 62.2 Å². The molecule has 1 amide bonds. The fourth-order valence-corrected chi connectivity index (χ4v) is 1.68. The van der Waals surface area contributed by atoms with E-state index in [-0.39, 0.29) is 11.3 Å². The number of halogens is 2. The molecule has 0 atom stereocenters. The van der Waals surface area contributed by atoms with Crippen LogP contribution in [0.25, 0.3) is 0 Å². The van der Waals surface area contributed by atoms with Gasteiger partial charge in [-0.1, -0.05) is 15.9 Å². The Morgan fingerprint density at radius 3 is 2.90 bits per heavy atom. The van der Waals surface area contributed by atoms with E-state index in [2.05, 4.69) is 36.7 Å². The fraction of sp³-hybridized carbons (Fsp3) is 0. The van der Waals surface area contributed by atoms with E-state index in [0.717, 1.165) is 0 Å². The number of carbonyl (C=O) groups excluding carboxylic acids is 1. The monoisotopic (exact) mass is 338 g/mol. The van der Waals surface area contributed by atoms with E-state index < -0.39 is 17.3 Å². The van der Waals surface area contributed by atoms with Gasteiger partial charge in [0.15, 0.2) is 5.69 Å². The molecule has 102 valence electrons. The zero-order chi connectivity index (χ0) is 14.5. The molecule has 0 saturated carbocycles. The summed E-state index contributed by atoms with van der Waals surface area (Å²) in [6.45, 7) is 0. The first-order chi connectivity index (χ1) is 9.56. The maximum atomic E-state index is 13.4. The van der Waals surface area contributed by atoms with Crippen LogP contribution in [0, 0.1) is 5.82 Å². The van der Waals surface area contributed by atoms with Gasteiger partial charge in [-0.25, -0.2) is 14.9 Å². The molecular weight excluding hydrogens is 331 g/mol. The molecule has 0 radical (unpaired) electrons. The molecular formula is C12H8BrFN4O2. The smallest absolute Gasteiger partial charge is 0.268 e. The molecule has 20 heavy (non-hydrogen) atoms. The quantitative estimate of drug-likeness (QED) is 0.655. The van der Waals surface area contributed by atoms with Gasteiger partial charge in [-0.05, 0) is 24.3 Å². The summed E-state index contributed by atoms with van der Waals surface area (Å²) >= 11 is 3.20. The number of amides is 1. The minimum atomic E-state index is -0.618. The third kappa shape index (κ3) is 3.58. The van der Waals surface area contributed by atoms with E-state index in [1.54, 1.807) is 6.07 Å². The lowest BCUT2D eigenvalue weighted by atomic mass is 10.2. The summed E-state index contributed by atoms with van der Waals surface area (Å²) in [4.78, 5) is 22.4. The molecule has 1 aromatic carbocycles. The maximum Gasteiger partial charge on any atom is 0.291 e. The molecule has 0 fully saturated rings. The highest BCUT2D eigenvalue weighted by molar-refractivity contribution is 9.10. The van der Waals surface area contributed by atoms with Crippen LogP contribution in [0.15, 0.2) is 44.7 Å². The number of aromatic amines is 1. The molecule has 8 heteroatoms. The maximum absolute atomic E-state index is 13.4. The number of hydrazone groups is 1. The zero-order valence-corrected chi connectivity index (χ0v) is 11.5. The minimum Gasteiger partial charge on any atom is -0.268 e. The van der Waals surface area contributed by atoms with Crippen molar-refractivity contribution < 1.29 is 9.18 Å². The van der Waals surface area contributed by atoms with Crippen LogP contribution >= 0.6 is 15.9 Å². The van der Waals surface area contributed by atoms with Crippen molar-refractivity contribution in [1.29, 1.82) is 0 Å². The molecule has 0 spiro atoms. The Balaban J connectivity index is 2.06. The molecule has 0 saturated heterocycles. The van der Waals surface area contributed by atoms with Gasteiger partial charge in [0, 0.05) is 16.1 Å². The zero-order valence-electron chi connectivity index (χ0n) is 9.93. The van der Waals surface area contributed by atoms with Crippen molar-refractivity contribution in [2.45, 2.75) is 0 Å². The van der Waals surface area contributed by atoms with Crippen LogP contribution < -0.4 is 11.0 Å². The highest BCUT2D eigenvalue weighted by Crippen LogP contribution is 2.13. The molecule has 2 rings (SSSR count). The van der Waals surface area contributed by atoms with Crippen LogP contribution in [0.2, 0.25) is 0 Å². The number of nitrogens with one attached hydrogen (secondary N) is 2. The van der Waals surface area contributed by atoms with E-state index in [9.17, 15) is 14.0 Å². The number of H-pyrrole nitrogens is 1. The van der Waals surface area contributed by atoms with Gasteiger partial charge in [0.1, 0.15) is 5.82 Å². The van der Waals surface area contributed by atoms with Crippen LogP contribution in [0.1, 0.15) is 16.1 Å². The van der Waals surface area contributed by atoms with Gasteiger partial charge < -0.3 is 0 Å². The van der Waals surface area contributed by atoms with E-state index in [1.165, 1.54) is 30.5 Å². The third-order valence-electron chi connectivity index (χ3n) is 2.24. The third-order valence-corrected chi connectivity index (χ3v) is 2.73. The van der Waals surface area contributed by atoms with Crippen LogP contribution in [0.3, 0.4) is 0 Å². The molecule has 0 aliphatic carbocycles. The molecule has 6 nitrogen and oxygen atoms in total. The van der Waals surface area contributed by atoms with Gasteiger partial charge in [0.25, 0.3) is 11.5 Å². The van der Waals surface area contributed by atoms with Crippen molar-refractivity contribution >= 4 is 28.1 Å². The Hall–Kier alpha value is -2.35. The summed E-state index contributed by atoms with van der Waals surface area (Å²) in [6.07, 6.45) is 1.17. The Labute approximate surface area is 120 Å². The second-order valence-corrected chi connectivity index (χ2v) is 4.59. The van der Waals surface area contributed by atoms with Gasteiger partial charge in [0.2, 0.25) is 0 Å². The first kappa shape index (κ1) is 14.1. The average molecular weight is 339 g/mol. The number of rotatable bonds is 3. The van der Waals surface area contributed by atoms with Crippen LogP contribution in [-0.4, -0.2) is 22.3 Å². The second-order valence-electron chi connectivity index (χ2n) is 3.67. The van der Waals surface area contributed by atoms with Gasteiger partial charge >= 0.3 is 0 Å². The standard InChI is InChI=1S/C12H8BrFN4O2/c13-8-1-2-9(14)7(5-8)6-15-18-12(20)10-3-4-11(19)17-16-10/h1-6H,(H,17,19)(H,18,20)/b15-6+. The number of carbonyl (C=O) groups is 1. The van der Waals surface area contributed by atoms with Crippen LogP contribution in [0.4, 0.5) is 4.39 Å². The lowest BCUT2D eigenvalue weighted by molar-refractivity contribution is 0.0949. The lowest BCUT2D eigenvalue weighted by Gasteiger charge is -1.99. The van der Waals surface area contributed by atoms with Crippen molar-refractivity contribution in [3.63, 3.8) is 0 Å². The molecule has 2 aromatic rings. The highest BCUT2D eigenvalue weighted by atomic mass is 79.9. The normalized spacial score (nSPS) is 10.7. The van der Waals surface area contributed by atoms with Gasteiger partial charge in [-0.15, -0.1) is 0 Å². The van der Waals surface area contributed by atoms with Crippen molar-refractivity contribution in [2.24, 2.45) is 5.10 Å². The van der Waals surface area contributed by atoms with Crippen LogP contribution in [-0.2, 0) is 0 Å². The Bertz CT molecular complexity index is 709. The van der Waals surface area contributed by atoms with Crippen molar-refractivity contribution in [1.82, 2.24) is 15.6 Å². The Kier molecular flexibility index (Phi) is 4.36. The van der Waals surface area contributed by atoms with E-state index >= 15 is 0 Å². The summed E-state index contributed by atoms with van der Waals surface area (Å²) in [7, 11) is 0. The summed E-state index contributed by atoms with van der Waals surface area (Å²) in [5, 5.41) is 9.28. The molecule has 2 N–H and O–H groups in total. The molecule has 1 heterocycles. The summed E-state index contributed by atoms with van der Waals surface area (Å²) in [6, 6.07) is 6.76. The highest BCUT2D eigenvalue weighted by Gasteiger charge is 2.05. The fourth-order valence-electron chi connectivity index (χ4n) is 1.30. The van der Waals surface area contributed by atoms with Crippen molar-refractivity contribution in [2.75, 3.05) is 0 Å². The first-order valence-corrected chi connectivity index (χ1v) is 6.20. The molecule has 0 bridgehead atoms. The lowest BCUT2D eigenvalue weighted by Crippen LogP contribution is -2.21. The number of hydrogen-bond acceptors (Lipinski definition) is 4. The summed E-state index contributed by atoms with van der Waals surface area (Å²) < 4.78 is 14.1. The average Bonchev–Trinajstić information content (AvgIpc) is 2.43. The summed E-state index contributed by atoms with van der Waals surface area (Å²) in [5.74, 6) is -1.08. The first-order valence-electron chi connectivity index (χ1n) is 5.40. The topological polar surface area (TPSA) is 87.2 Å². The van der Waals surface area contributed by atoms with Gasteiger partial charge in [-0.2, -0.15) is 10.2 Å². The number of nitrogens with zero attached hydrogens (tertiary/aromatic N) is 2. The molecule has 0 aliphatic rings. The Morgan fingerprint density at radius 1 is 1.40 bits per heavy atom. The van der Waals surface area contributed by atoms with E-state index in [4.69, 9.17) is 0 Å². The SMILES string of the molecule is O=C(N/N=C/c1cc(Br)ccc1F)c1ccc(=O)[nH]n1. The van der Waals surface area contributed by atoms with Gasteiger partial charge in [-0.3, -0.25) is 9.59 Å². The number of benzene rings is 1. The predicted molar refractivity (Wildman–Crippen MR) is 74.0 cm³/mol. The van der Waals surface area contributed by atoms with Crippen molar-refractivity contribution in [3.8, 4) is 0 Å². The second kappa shape index (κ2) is 6.20. The van der Waals surface area contributed by atoms with Gasteiger partial charge in [0.05, 0.1) is 6.21 Å². The minimum absolute atomic E-state index is 0.00327. The van der Waals surface area contributed by atoms with Crippen LogP contribution in [0.5, 0.6) is 0 Å². The largest absolute Gasteiger partial charge is 0.291 e. The predicted octanol–water partition coefficient (Wildman–Crippen LogP) is 1.44. The number of hydrogen-bond donors (Lipinski definition) is 2. The molecule has 0 aliphatic heterocycles. The molecule has 1 aromatic heterocycles. The van der Waals surface area contributed by atoms with E-state index in [0.29, 0.717) is 4.47 Å².